The maximum Gasteiger partial charge on any atom is 0.449 e. The summed E-state index contributed by atoms with van der Waals surface area (Å²) < 4.78 is 36.1. The molecule has 0 aliphatic rings. The topological polar surface area (TPSA) is 101 Å². The molecule has 0 rings (SSSR count). The Balaban J connectivity index is 0. The summed E-state index contributed by atoms with van der Waals surface area (Å²) in [6.45, 7) is 4.58. The molecule has 0 amide bonds. The van der Waals surface area contributed by atoms with E-state index in [1.54, 1.807) is 13.2 Å². The molecular weight excluding hydrogens is 346 g/mol. The van der Waals surface area contributed by atoms with Gasteiger partial charge in [0.25, 0.3) is 8.15 Å². The molecule has 1 unspecified atom stereocenters. The maximum atomic E-state index is 11.6. The summed E-state index contributed by atoms with van der Waals surface area (Å²) in [5.41, 5.74) is 2.28. The molecule has 10 heteroatoms. The van der Waals surface area contributed by atoms with Crippen LogP contribution in [0.3, 0.4) is 0 Å². The number of hydrogen-bond donors (Lipinski definition) is 1. The van der Waals surface area contributed by atoms with Crippen LogP contribution in [0.15, 0.2) is 23.3 Å². The van der Waals surface area contributed by atoms with Crippen LogP contribution in [0.1, 0.15) is 40.5 Å². The van der Waals surface area contributed by atoms with Crippen LogP contribution in [-0.2, 0) is 33.1 Å². The van der Waals surface area contributed by atoms with Gasteiger partial charge in [0.1, 0.15) is 0 Å². The highest BCUT2D eigenvalue weighted by molar-refractivity contribution is 8.14. The summed E-state index contributed by atoms with van der Waals surface area (Å²) in [7, 11) is -3.22. The molecule has 0 aliphatic carbocycles. The van der Waals surface area contributed by atoms with Crippen LogP contribution in [0.2, 0.25) is 0 Å². The van der Waals surface area contributed by atoms with E-state index in [9.17, 15) is 9.13 Å². The van der Waals surface area contributed by atoms with Crippen LogP contribution in [0.5, 0.6) is 0 Å². The fraction of sp³-hybridized carbons (Fsp3) is 0.692. The van der Waals surface area contributed by atoms with Crippen molar-refractivity contribution in [1.82, 2.24) is 0 Å². The molecule has 0 heterocycles. The molecule has 23 heavy (non-hydrogen) atoms. The van der Waals surface area contributed by atoms with Gasteiger partial charge in [-0.2, -0.15) is 0 Å². The van der Waals surface area contributed by atoms with Crippen molar-refractivity contribution in [3.05, 3.63) is 23.3 Å². The third kappa shape index (κ3) is 13.7. The maximum absolute atomic E-state index is 11.6. The average molecular weight is 372 g/mol. The third-order valence-corrected chi connectivity index (χ3v) is 4.73. The van der Waals surface area contributed by atoms with Gasteiger partial charge in [0.05, 0.1) is 6.61 Å². The highest BCUT2D eigenvalue weighted by Gasteiger charge is 2.27. The molecule has 0 bridgehead atoms. The second kappa shape index (κ2) is 15.1. The molecule has 8 nitrogen and oxygen atoms in total. The van der Waals surface area contributed by atoms with Gasteiger partial charge in [-0.3, -0.25) is 9.09 Å². The second-order valence-electron chi connectivity index (χ2n) is 4.45. The van der Waals surface area contributed by atoms with E-state index in [1.807, 2.05) is 13.8 Å². The highest BCUT2D eigenvalue weighted by Crippen LogP contribution is 2.60. The lowest BCUT2D eigenvalue weighted by Gasteiger charge is -2.07. The van der Waals surface area contributed by atoms with E-state index in [4.69, 9.17) is 14.5 Å². The molecule has 1 N–H and O–H groups in total. The van der Waals surface area contributed by atoms with Crippen LogP contribution < -0.4 is 0 Å². The van der Waals surface area contributed by atoms with Crippen molar-refractivity contribution in [2.75, 3.05) is 20.3 Å². The minimum Gasteiger partial charge on any atom is -0.384 e. The van der Waals surface area contributed by atoms with Crippen LogP contribution in [0.25, 0.3) is 0 Å². The van der Waals surface area contributed by atoms with Crippen molar-refractivity contribution in [3.8, 4) is 0 Å². The Morgan fingerprint density at radius 1 is 1.22 bits per heavy atom. The zero-order chi connectivity index (χ0) is 16.8. The smallest absolute Gasteiger partial charge is 0.384 e. The molecule has 0 saturated carbocycles. The highest BCUT2D eigenvalue weighted by atomic mass is 32.1. The minimum absolute atomic E-state index is 0. The van der Waals surface area contributed by atoms with Gasteiger partial charge in [-0.1, -0.05) is 30.7 Å². The number of hydrogen-bond acceptors (Lipinski definition) is 8. The van der Waals surface area contributed by atoms with E-state index in [-0.39, 0.29) is 14.0 Å². The first-order chi connectivity index (χ1) is 10.5. The molecule has 0 fully saturated rings. The predicted molar refractivity (Wildman–Crippen MR) is 87.0 cm³/mol. The molecule has 0 aromatic heterocycles. The van der Waals surface area contributed by atoms with Gasteiger partial charge >= 0.3 is 7.28 Å². The Hall–Kier alpha value is -0.430. The average Bonchev–Trinajstić information content (AvgIpc) is 2.51. The number of allylic oxidation sites excluding steroid dienone is 2. The van der Waals surface area contributed by atoms with E-state index in [0.717, 1.165) is 24.8 Å². The van der Waals surface area contributed by atoms with E-state index in [2.05, 4.69) is 20.8 Å². The summed E-state index contributed by atoms with van der Waals surface area (Å²) in [6, 6.07) is 0. The lowest BCUT2D eigenvalue weighted by Crippen LogP contribution is -1.94. The van der Waals surface area contributed by atoms with Gasteiger partial charge in [0.2, 0.25) is 0 Å². The first kappa shape index (κ1) is 24.8. The van der Waals surface area contributed by atoms with Crippen LogP contribution in [-0.4, -0.2) is 25.6 Å². The molecule has 1 atom stereocenters. The first-order valence-electron chi connectivity index (χ1n) is 6.53. The normalized spacial score (nSPS) is 15.3. The Morgan fingerprint density at radius 3 is 2.43 bits per heavy atom. The Morgan fingerprint density at radius 2 is 1.87 bits per heavy atom. The van der Waals surface area contributed by atoms with Crippen LogP contribution in [0, 0.1) is 0 Å². The van der Waals surface area contributed by atoms with Gasteiger partial charge in [0, 0.05) is 13.7 Å². The van der Waals surface area contributed by atoms with E-state index in [0.29, 0.717) is 6.61 Å². The van der Waals surface area contributed by atoms with E-state index in [1.165, 1.54) is 5.57 Å². The van der Waals surface area contributed by atoms with Crippen molar-refractivity contribution < 1.29 is 38.4 Å². The molecule has 0 aromatic rings. The Labute approximate surface area is 138 Å². The summed E-state index contributed by atoms with van der Waals surface area (Å²) in [6.07, 6.45) is 6.41. The van der Waals surface area contributed by atoms with Gasteiger partial charge in [0.15, 0.2) is 0 Å². The summed E-state index contributed by atoms with van der Waals surface area (Å²) in [4.78, 5) is 0. The van der Waals surface area contributed by atoms with E-state index < -0.39 is 15.4 Å². The summed E-state index contributed by atoms with van der Waals surface area (Å²) in [5.74, 6) is 0. The SMILES string of the molecule is C.COCC/C(C)=C/CC/C(C)=C/COP(=O)(OOOO)P=O. The largest absolute Gasteiger partial charge is 0.449 e. The molecule has 0 spiro atoms. The molecule has 0 radical (unpaired) electrons. The monoisotopic (exact) mass is 372 g/mol. The van der Waals surface area contributed by atoms with Gasteiger partial charge < -0.3 is 4.74 Å². The summed E-state index contributed by atoms with van der Waals surface area (Å²) >= 11 is 0. The van der Waals surface area contributed by atoms with Crippen molar-refractivity contribution >= 4 is 15.4 Å². The van der Waals surface area contributed by atoms with Gasteiger partial charge in [-0.15, -0.1) is 4.67 Å². The summed E-state index contributed by atoms with van der Waals surface area (Å²) in [5, 5.41) is 14.6. The molecule has 0 saturated heterocycles. The van der Waals surface area contributed by atoms with E-state index >= 15 is 0 Å². The Kier molecular flexibility index (Phi) is 16.3. The van der Waals surface area contributed by atoms with Crippen LogP contribution >= 0.6 is 15.4 Å². The number of ether oxygens (including phenoxy) is 1. The standard InChI is InChI=1S/C12H22O8P2.CH4/c1-11(7-9-16-3)5-4-6-12(2)8-10-17-22(15,21-14)20-19-18-13;/h5,8,13H,4,6-7,9-10H2,1-3H3;1H4/b11-5+,12-8+;. The quantitative estimate of drug-likeness (QED) is 0.206. The third-order valence-electron chi connectivity index (χ3n) is 2.66. The lowest BCUT2D eigenvalue weighted by molar-refractivity contribution is -0.595. The Bertz CT molecular complexity index is 422. The zero-order valence-corrected chi connectivity index (χ0v) is 14.7. The van der Waals surface area contributed by atoms with Crippen molar-refractivity contribution in [1.29, 1.82) is 0 Å². The van der Waals surface area contributed by atoms with Crippen LogP contribution in [0.4, 0.5) is 0 Å². The first-order valence-corrected chi connectivity index (χ1v) is 9.59. The minimum atomic E-state index is -3.99. The fourth-order valence-corrected chi connectivity index (χ4v) is 2.39. The molecular formula is C13H26O8P2. The predicted octanol–water partition coefficient (Wildman–Crippen LogP) is 5.10. The molecule has 0 aromatic carbocycles. The van der Waals surface area contributed by atoms with Crippen molar-refractivity contribution in [2.24, 2.45) is 0 Å². The molecule has 136 valence electrons. The zero-order valence-electron chi connectivity index (χ0n) is 12.9. The van der Waals surface area contributed by atoms with Gasteiger partial charge in [-0.05, 0) is 43.2 Å². The number of methoxy groups -OCH3 is 1. The molecule has 0 aliphatic heterocycles. The number of rotatable bonds is 13. The van der Waals surface area contributed by atoms with Crippen molar-refractivity contribution in [2.45, 2.75) is 40.5 Å². The van der Waals surface area contributed by atoms with Crippen molar-refractivity contribution in [3.63, 3.8) is 0 Å². The fourth-order valence-electron chi connectivity index (χ4n) is 1.40. The van der Waals surface area contributed by atoms with Gasteiger partial charge in [-0.25, -0.2) is 9.82 Å². The second-order valence-corrected chi connectivity index (χ2v) is 7.91. The lowest BCUT2D eigenvalue weighted by atomic mass is 10.1.